The van der Waals surface area contributed by atoms with Gasteiger partial charge in [0.05, 0.1) is 17.3 Å². The van der Waals surface area contributed by atoms with Gasteiger partial charge in [-0.15, -0.1) is 0 Å². The van der Waals surface area contributed by atoms with E-state index in [-0.39, 0.29) is 17.9 Å². The van der Waals surface area contributed by atoms with Gasteiger partial charge in [-0.05, 0) is 57.0 Å². The first-order valence-electron chi connectivity index (χ1n) is 17.2. The number of nitrogens with zero attached hydrogens (tertiary/aromatic N) is 8. The predicted octanol–water partition coefficient (Wildman–Crippen LogP) is 4.63. The van der Waals surface area contributed by atoms with Crippen LogP contribution in [0.2, 0.25) is 0 Å². The third-order valence-corrected chi connectivity index (χ3v) is 10.8. The largest absolute Gasteiger partial charge is 0.368 e. The number of amides is 2. The van der Waals surface area contributed by atoms with Gasteiger partial charge in [0.1, 0.15) is 17.2 Å². The summed E-state index contributed by atoms with van der Waals surface area (Å²) >= 11 is 0. The lowest BCUT2D eigenvalue weighted by molar-refractivity contribution is -0.119. The summed E-state index contributed by atoms with van der Waals surface area (Å²) in [5.41, 5.74) is 5.31. The van der Waals surface area contributed by atoms with E-state index in [1.807, 2.05) is 44.3 Å². The number of aromatic nitrogens is 4. The Balaban J connectivity index is 0.892. The van der Waals surface area contributed by atoms with Crippen LogP contribution in [0.4, 0.5) is 28.8 Å². The van der Waals surface area contributed by atoms with E-state index in [0.29, 0.717) is 23.5 Å². The number of hydrogen-bond donors (Lipinski definition) is 2. The van der Waals surface area contributed by atoms with E-state index in [0.717, 1.165) is 92.9 Å². The standard InChI is InChI=1S/C36H44N10O2/c1-36(2)31-27(39-34(36)48)10-7-11-28(31)45-21-26(22-45)44-16-14-43(15-17-44)25-12-13-30(37-20-25)40-35-38-19-23-18-29(33(47)42(3)4)46(32(23)41-35)24-8-5-6-9-24/h7,10-13,18-20,24,26H,5-6,8-9,14-17,21-22H2,1-4H3,(H,39,48)(H,37,38,40,41). The topological polar surface area (TPSA) is 115 Å². The first-order chi connectivity index (χ1) is 23.2. The van der Waals surface area contributed by atoms with Gasteiger partial charge in [0.15, 0.2) is 0 Å². The maximum absolute atomic E-state index is 13.0. The van der Waals surface area contributed by atoms with Crippen molar-refractivity contribution in [1.29, 1.82) is 0 Å². The van der Waals surface area contributed by atoms with Crippen molar-refractivity contribution in [1.82, 2.24) is 29.3 Å². The van der Waals surface area contributed by atoms with Crippen LogP contribution in [0.1, 0.15) is 61.6 Å². The lowest BCUT2D eigenvalue weighted by Gasteiger charge is -2.50. The third-order valence-electron chi connectivity index (χ3n) is 10.8. The predicted molar refractivity (Wildman–Crippen MR) is 188 cm³/mol. The highest BCUT2D eigenvalue weighted by Gasteiger charge is 2.43. The third kappa shape index (κ3) is 5.22. The molecular formula is C36H44N10O2. The van der Waals surface area contributed by atoms with Gasteiger partial charge < -0.3 is 29.9 Å². The van der Waals surface area contributed by atoms with Crippen LogP contribution in [0, 0.1) is 0 Å². The van der Waals surface area contributed by atoms with Gasteiger partial charge in [0.25, 0.3) is 5.91 Å². The number of carbonyl (C=O) groups excluding carboxylic acids is 2. The zero-order valence-corrected chi connectivity index (χ0v) is 28.2. The highest BCUT2D eigenvalue weighted by Crippen LogP contribution is 2.44. The van der Waals surface area contributed by atoms with Crippen molar-refractivity contribution in [3.05, 3.63) is 60.0 Å². The molecular weight excluding hydrogens is 604 g/mol. The Morgan fingerprint density at radius 3 is 2.44 bits per heavy atom. The van der Waals surface area contributed by atoms with E-state index < -0.39 is 5.41 Å². The second-order valence-electron chi connectivity index (χ2n) is 14.4. The van der Waals surface area contributed by atoms with Crippen LogP contribution in [-0.4, -0.2) is 101 Å². The first kappa shape index (κ1) is 30.6. The zero-order chi connectivity index (χ0) is 33.2. The molecule has 0 radical (unpaired) electrons. The summed E-state index contributed by atoms with van der Waals surface area (Å²) in [6, 6.07) is 13.0. The van der Waals surface area contributed by atoms with E-state index in [4.69, 9.17) is 9.97 Å². The van der Waals surface area contributed by atoms with Gasteiger partial charge in [-0.1, -0.05) is 18.9 Å². The summed E-state index contributed by atoms with van der Waals surface area (Å²) in [6.07, 6.45) is 8.14. The maximum atomic E-state index is 13.0. The van der Waals surface area contributed by atoms with Crippen molar-refractivity contribution in [2.24, 2.45) is 0 Å². The van der Waals surface area contributed by atoms with Gasteiger partial charge in [-0.2, -0.15) is 4.98 Å². The number of pyridine rings is 1. The number of benzene rings is 1. The highest BCUT2D eigenvalue weighted by molar-refractivity contribution is 6.07. The summed E-state index contributed by atoms with van der Waals surface area (Å²) in [5.74, 6) is 1.21. The molecule has 3 aromatic heterocycles. The van der Waals surface area contributed by atoms with Gasteiger partial charge >= 0.3 is 0 Å². The molecule has 0 atom stereocenters. The molecule has 250 valence electrons. The molecule has 4 aliphatic rings. The highest BCUT2D eigenvalue weighted by atomic mass is 16.2. The summed E-state index contributed by atoms with van der Waals surface area (Å²) in [5, 5.41) is 7.22. The Labute approximate surface area is 281 Å². The van der Waals surface area contributed by atoms with Crippen molar-refractivity contribution in [2.75, 3.05) is 73.8 Å². The maximum Gasteiger partial charge on any atom is 0.270 e. The van der Waals surface area contributed by atoms with Gasteiger partial charge in [0, 0.05) is 94.0 Å². The van der Waals surface area contributed by atoms with Crippen molar-refractivity contribution in [3.63, 3.8) is 0 Å². The average molecular weight is 649 g/mol. The minimum atomic E-state index is -0.513. The molecule has 6 heterocycles. The molecule has 4 aromatic rings. The van der Waals surface area contributed by atoms with Crippen LogP contribution in [-0.2, 0) is 10.2 Å². The molecule has 2 saturated heterocycles. The monoisotopic (exact) mass is 648 g/mol. The number of hydrogen-bond acceptors (Lipinski definition) is 9. The lowest BCUT2D eigenvalue weighted by Crippen LogP contribution is -2.63. The van der Waals surface area contributed by atoms with Crippen LogP contribution in [0.3, 0.4) is 0 Å². The SMILES string of the molecule is CN(C)C(=O)c1cc2cnc(Nc3ccc(N4CCN(C5CN(c6cccc7c6C(C)(C)C(=O)N7)C5)CC4)cn3)nc2n1C1CCCC1. The number of nitrogens with one attached hydrogen (secondary N) is 2. The fourth-order valence-corrected chi connectivity index (χ4v) is 7.94. The molecule has 12 heteroatoms. The number of fused-ring (bicyclic) bond motifs is 2. The smallest absolute Gasteiger partial charge is 0.270 e. The van der Waals surface area contributed by atoms with Crippen molar-refractivity contribution >= 4 is 51.7 Å². The molecule has 1 saturated carbocycles. The molecule has 1 aromatic carbocycles. The number of rotatable bonds is 7. The normalized spacial score (nSPS) is 19.8. The quantitative estimate of drug-likeness (QED) is 0.296. The van der Waals surface area contributed by atoms with Gasteiger partial charge in [-0.25, -0.2) is 9.97 Å². The number of anilines is 5. The van der Waals surface area contributed by atoms with E-state index in [2.05, 4.69) is 47.0 Å². The van der Waals surface area contributed by atoms with Crippen LogP contribution < -0.4 is 20.4 Å². The van der Waals surface area contributed by atoms with Crippen molar-refractivity contribution < 1.29 is 9.59 Å². The Bertz CT molecular complexity index is 1860. The number of piperazine rings is 1. The molecule has 0 bridgehead atoms. The molecule has 3 aliphatic heterocycles. The summed E-state index contributed by atoms with van der Waals surface area (Å²) < 4.78 is 2.13. The molecule has 0 unspecified atom stereocenters. The fraction of sp³-hybridized carbons (Fsp3) is 0.472. The Morgan fingerprint density at radius 2 is 1.73 bits per heavy atom. The summed E-state index contributed by atoms with van der Waals surface area (Å²) in [7, 11) is 3.57. The van der Waals surface area contributed by atoms with E-state index in [9.17, 15) is 9.59 Å². The van der Waals surface area contributed by atoms with Crippen molar-refractivity contribution in [2.45, 2.75) is 57.0 Å². The molecule has 8 rings (SSSR count). The van der Waals surface area contributed by atoms with E-state index >= 15 is 0 Å². The molecule has 2 amide bonds. The van der Waals surface area contributed by atoms with Crippen molar-refractivity contribution in [3.8, 4) is 0 Å². The van der Waals surface area contributed by atoms with Crippen LogP contribution in [0.25, 0.3) is 11.0 Å². The summed E-state index contributed by atoms with van der Waals surface area (Å²) in [4.78, 5) is 48.8. The Kier molecular flexibility index (Phi) is 7.50. The van der Waals surface area contributed by atoms with Gasteiger partial charge in [0.2, 0.25) is 11.9 Å². The van der Waals surface area contributed by atoms with Crippen LogP contribution >= 0.6 is 0 Å². The minimum Gasteiger partial charge on any atom is -0.368 e. The zero-order valence-electron chi connectivity index (χ0n) is 28.2. The fourth-order valence-electron chi connectivity index (χ4n) is 7.94. The molecule has 12 nitrogen and oxygen atoms in total. The Hall–Kier alpha value is -4.71. The van der Waals surface area contributed by atoms with Gasteiger partial charge in [-0.3, -0.25) is 14.5 Å². The van der Waals surface area contributed by atoms with Crippen LogP contribution in [0.5, 0.6) is 0 Å². The molecule has 1 aliphatic carbocycles. The molecule has 0 spiro atoms. The second kappa shape index (κ2) is 11.8. The minimum absolute atomic E-state index is 0.0159. The Morgan fingerprint density at radius 1 is 0.958 bits per heavy atom. The lowest BCUT2D eigenvalue weighted by atomic mass is 9.84. The van der Waals surface area contributed by atoms with E-state index in [1.165, 1.54) is 5.69 Å². The molecule has 48 heavy (non-hydrogen) atoms. The molecule has 3 fully saturated rings. The first-order valence-corrected chi connectivity index (χ1v) is 17.2. The molecule has 2 N–H and O–H groups in total. The average Bonchev–Trinajstić information content (AvgIpc) is 3.77. The second-order valence-corrected chi connectivity index (χ2v) is 14.4. The number of carbonyl (C=O) groups is 2. The van der Waals surface area contributed by atoms with Crippen LogP contribution in [0.15, 0.2) is 48.8 Å². The summed E-state index contributed by atoms with van der Waals surface area (Å²) in [6.45, 7) is 9.89. The van der Waals surface area contributed by atoms with E-state index in [1.54, 1.807) is 25.2 Å².